The Balaban J connectivity index is 0.00000139. The second-order valence-electron chi connectivity index (χ2n) is 4.97. The number of esters is 1. The molecule has 2 rings (SSSR count). The van der Waals surface area contributed by atoms with E-state index in [4.69, 9.17) is 4.74 Å². The Morgan fingerprint density at radius 1 is 1.29 bits per heavy atom. The fourth-order valence-electron chi connectivity index (χ4n) is 2.30. The smallest absolute Gasteiger partial charge is 0.338 e. The molecule has 0 saturated carbocycles. The predicted molar refractivity (Wildman–Crippen MR) is 85.2 cm³/mol. The maximum absolute atomic E-state index is 13.9. The van der Waals surface area contributed by atoms with Gasteiger partial charge in [0, 0.05) is 19.5 Å². The van der Waals surface area contributed by atoms with Gasteiger partial charge in [0.05, 0.1) is 30.9 Å². The SMILES string of the molecule is CC.COC(=O)c1cc(F)c(C(=O)CCC2CNCCO2)c(F)c1. The van der Waals surface area contributed by atoms with E-state index in [0.717, 1.165) is 25.8 Å². The number of morpholine rings is 1. The van der Waals surface area contributed by atoms with Crippen LogP contribution in [0.5, 0.6) is 0 Å². The van der Waals surface area contributed by atoms with Crippen LogP contribution < -0.4 is 5.32 Å². The van der Waals surface area contributed by atoms with Gasteiger partial charge in [-0.05, 0) is 18.6 Å². The quantitative estimate of drug-likeness (QED) is 0.658. The summed E-state index contributed by atoms with van der Waals surface area (Å²) in [6.07, 6.45) is 0.208. The molecule has 1 unspecified atom stereocenters. The highest BCUT2D eigenvalue weighted by Gasteiger charge is 2.22. The summed E-state index contributed by atoms with van der Waals surface area (Å²) in [5, 5.41) is 3.11. The van der Waals surface area contributed by atoms with E-state index in [1.165, 1.54) is 0 Å². The van der Waals surface area contributed by atoms with Crippen molar-refractivity contribution in [2.45, 2.75) is 32.8 Å². The van der Waals surface area contributed by atoms with Gasteiger partial charge in [0.1, 0.15) is 11.6 Å². The lowest BCUT2D eigenvalue weighted by atomic mass is 10.0. The van der Waals surface area contributed by atoms with Crippen LogP contribution in [0.4, 0.5) is 8.78 Å². The number of benzene rings is 1. The van der Waals surface area contributed by atoms with Gasteiger partial charge in [-0.1, -0.05) is 13.8 Å². The van der Waals surface area contributed by atoms with E-state index < -0.39 is 29.0 Å². The number of hydrogen-bond donors (Lipinski definition) is 1. The molecule has 134 valence electrons. The zero-order valence-corrected chi connectivity index (χ0v) is 14.2. The Labute approximate surface area is 140 Å². The molecule has 0 aromatic heterocycles. The molecule has 0 radical (unpaired) electrons. The number of ketones is 1. The average molecular weight is 343 g/mol. The summed E-state index contributed by atoms with van der Waals surface area (Å²) in [7, 11) is 1.11. The van der Waals surface area contributed by atoms with Crippen molar-refractivity contribution >= 4 is 11.8 Å². The number of methoxy groups -OCH3 is 1. The van der Waals surface area contributed by atoms with Crippen LogP contribution in [0.2, 0.25) is 0 Å². The third-order valence-electron chi connectivity index (χ3n) is 3.44. The third kappa shape index (κ3) is 5.35. The van der Waals surface area contributed by atoms with Gasteiger partial charge in [0.2, 0.25) is 0 Å². The van der Waals surface area contributed by atoms with Crippen LogP contribution in [0.15, 0.2) is 12.1 Å². The molecule has 5 nitrogen and oxygen atoms in total. The molecule has 1 fully saturated rings. The maximum Gasteiger partial charge on any atom is 0.338 e. The zero-order valence-electron chi connectivity index (χ0n) is 14.2. The summed E-state index contributed by atoms with van der Waals surface area (Å²) in [5.41, 5.74) is -0.898. The normalized spacial score (nSPS) is 16.8. The lowest BCUT2D eigenvalue weighted by Gasteiger charge is -2.23. The number of hydrogen-bond acceptors (Lipinski definition) is 5. The predicted octanol–water partition coefficient (Wildman–Crippen LogP) is 2.73. The van der Waals surface area contributed by atoms with Crippen molar-refractivity contribution in [2.24, 2.45) is 0 Å². The molecule has 1 N–H and O–H groups in total. The van der Waals surface area contributed by atoms with Crippen molar-refractivity contribution < 1.29 is 27.8 Å². The highest BCUT2D eigenvalue weighted by Crippen LogP contribution is 2.19. The summed E-state index contributed by atoms with van der Waals surface area (Å²) in [4.78, 5) is 23.3. The Morgan fingerprint density at radius 2 is 1.92 bits per heavy atom. The lowest BCUT2D eigenvalue weighted by molar-refractivity contribution is 0.0224. The van der Waals surface area contributed by atoms with Crippen LogP contribution in [-0.2, 0) is 9.47 Å². The first-order valence-corrected chi connectivity index (χ1v) is 7.95. The summed E-state index contributed by atoms with van der Waals surface area (Å²) in [5.74, 6) is -3.64. The zero-order chi connectivity index (χ0) is 18.1. The van der Waals surface area contributed by atoms with Gasteiger partial charge in [0.15, 0.2) is 5.78 Å². The standard InChI is InChI=1S/C15H17F2NO4.C2H6/c1-21-15(20)9-6-11(16)14(12(17)7-9)13(19)3-2-10-8-18-4-5-22-10;1-2/h6-7,10,18H,2-5,8H2,1H3;1-2H3. The van der Waals surface area contributed by atoms with Gasteiger partial charge in [0.25, 0.3) is 0 Å². The van der Waals surface area contributed by atoms with E-state index in [-0.39, 0.29) is 18.1 Å². The Kier molecular flexibility index (Phi) is 8.49. The van der Waals surface area contributed by atoms with Gasteiger partial charge < -0.3 is 14.8 Å². The first-order valence-electron chi connectivity index (χ1n) is 7.95. The molecule has 1 aliphatic heterocycles. The molecule has 24 heavy (non-hydrogen) atoms. The van der Waals surface area contributed by atoms with Crippen LogP contribution in [0, 0.1) is 11.6 Å². The van der Waals surface area contributed by atoms with E-state index >= 15 is 0 Å². The maximum atomic E-state index is 13.9. The Bertz CT molecular complexity index is 549. The van der Waals surface area contributed by atoms with E-state index in [0.29, 0.717) is 19.6 Å². The highest BCUT2D eigenvalue weighted by atomic mass is 19.1. The highest BCUT2D eigenvalue weighted by molar-refractivity contribution is 5.98. The van der Waals surface area contributed by atoms with Gasteiger partial charge in [-0.3, -0.25) is 4.79 Å². The molecule has 0 amide bonds. The molecule has 1 aromatic rings. The van der Waals surface area contributed by atoms with Crippen LogP contribution in [-0.4, -0.2) is 44.7 Å². The summed E-state index contributed by atoms with van der Waals surface area (Å²) in [6, 6.07) is 1.61. The summed E-state index contributed by atoms with van der Waals surface area (Å²) in [6.45, 7) is 5.91. The molecule has 1 heterocycles. The third-order valence-corrected chi connectivity index (χ3v) is 3.44. The molecule has 1 aromatic carbocycles. The second kappa shape index (κ2) is 10.1. The number of Topliss-reactive ketones (excluding diaryl/α,β-unsaturated/α-hetero) is 1. The molecule has 0 spiro atoms. The van der Waals surface area contributed by atoms with E-state index in [2.05, 4.69) is 10.1 Å². The molecule has 1 aliphatic rings. The average Bonchev–Trinajstić information content (AvgIpc) is 2.61. The fraction of sp³-hybridized carbons (Fsp3) is 0.529. The van der Waals surface area contributed by atoms with Gasteiger partial charge in [-0.2, -0.15) is 0 Å². The van der Waals surface area contributed by atoms with Gasteiger partial charge in [-0.25, -0.2) is 13.6 Å². The minimum Gasteiger partial charge on any atom is -0.465 e. The van der Waals surface area contributed by atoms with Crippen molar-refractivity contribution in [1.82, 2.24) is 5.32 Å². The Morgan fingerprint density at radius 3 is 2.42 bits per heavy atom. The van der Waals surface area contributed by atoms with E-state index in [9.17, 15) is 18.4 Å². The van der Waals surface area contributed by atoms with Crippen molar-refractivity contribution in [3.05, 3.63) is 34.9 Å². The number of rotatable bonds is 5. The number of halogens is 2. The van der Waals surface area contributed by atoms with Crippen LogP contribution in [0.3, 0.4) is 0 Å². The topological polar surface area (TPSA) is 64.6 Å². The molecule has 0 aliphatic carbocycles. The number of carbonyl (C=O) groups is 2. The van der Waals surface area contributed by atoms with Gasteiger partial charge >= 0.3 is 5.97 Å². The summed E-state index contributed by atoms with van der Waals surface area (Å²) < 4.78 is 37.6. The molecule has 0 bridgehead atoms. The van der Waals surface area contributed by atoms with Crippen molar-refractivity contribution in [1.29, 1.82) is 0 Å². The minimum atomic E-state index is -1.06. The number of carbonyl (C=O) groups excluding carboxylic acids is 2. The monoisotopic (exact) mass is 343 g/mol. The molecular formula is C17H23F2NO4. The first kappa shape index (κ1) is 20.2. The number of ether oxygens (including phenoxy) is 2. The van der Waals surface area contributed by atoms with Crippen LogP contribution in [0.1, 0.15) is 47.4 Å². The van der Waals surface area contributed by atoms with Crippen LogP contribution in [0.25, 0.3) is 0 Å². The Hall–Kier alpha value is -1.86. The fourth-order valence-corrected chi connectivity index (χ4v) is 2.30. The first-order chi connectivity index (χ1) is 11.5. The number of nitrogens with one attached hydrogen (secondary N) is 1. The summed E-state index contributed by atoms with van der Waals surface area (Å²) >= 11 is 0. The van der Waals surface area contributed by atoms with Crippen molar-refractivity contribution in [2.75, 3.05) is 26.8 Å². The van der Waals surface area contributed by atoms with Gasteiger partial charge in [-0.15, -0.1) is 0 Å². The lowest BCUT2D eigenvalue weighted by Crippen LogP contribution is -2.38. The van der Waals surface area contributed by atoms with Crippen LogP contribution >= 0.6 is 0 Å². The molecule has 7 heteroatoms. The van der Waals surface area contributed by atoms with Crippen molar-refractivity contribution in [3.63, 3.8) is 0 Å². The molecule has 1 saturated heterocycles. The molecular weight excluding hydrogens is 320 g/mol. The van der Waals surface area contributed by atoms with E-state index in [1.807, 2.05) is 13.8 Å². The second-order valence-corrected chi connectivity index (χ2v) is 4.97. The minimum absolute atomic E-state index is 0.0300. The van der Waals surface area contributed by atoms with E-state index in [1.54, 1.807) is 0 Å². The molecule has 1 atom stereocenters. The van der Waals surface area contributed by atoms with Crippen molar-refractivity contribution in [3.8, 4) is 0 Å². The largest absolute Gasteiger partial charge is 0.465 e.